The molecule has 4 rings (SSSR count). The number of hydrogen-bond acceptors (Lipinski definition) is 8. The Morgan fingerprint density at radius 1 is 1.10 bits per heavy atom. The Hall–Kier alpha value is -3.72. The van der Waals surface area contributed by atoms with E-state index >= 15 is 0 Å². The highest BCUT2D eigenvalue weighted by Gasteiger charge is 2.22. The Morgan fingerprint density at radius 2 is 1.87 bits per heavy atom. The average Bonchev–Trinajstić information content (AvgIpc) is 3.26. The highest BCUT2D eigenvalue weighted by Crippen LogP contribution is 2.36. The Bertz CT molecular complexity index is 1110. The number of anilines is 4. The molecule has 160 valence electrons. The molecular weight excluding hydrogens is 421 g/mol. The fourth-order valence-electron chi connectivity index (χ4n) is 3.11. The molecular formula is C21H21ClFN7O. The Balaban J connectivity index is 0.00000272. The smallest absolute Gasteiger partial charge is 0.223 e. The Morgan fingerprint density at radius 3 is 2.55 bits per heavy atom. The molecule has 0 saturated heterocycles. The molecule has 1 unspecified atom stereocenters. The van der Waals surface area contributed by atoms with E-state index in [4.69, 9.17) is 10.2 Å². The second-order valence-corrected chi connectivity index (χ2v) is 6.61. The summed E-state index contributed by atoms with van der Waals surface area (Å²) in [5.74, 6) is 1.91. The standard InChI is InChI=1S/C21H20FN7O.ClH/c1-13(14-4-6-15(22)7-5-14)18-19(26-11-16-3-2-10-30-16)28-21(23)29-20(18)27-17-12-24-8-9-25-17;/h2-10,12-13H,11H2,1H3,(H4,23,25,26,27,28,29);1H. The maximum Gasteiger partial charge on any atom is 0.223 e. The van der Waals surface area contributed by atoms with Crippen molar-refractivity contribution >= 4 is 35.8 Å². The molecule has 0 saturated carbocycles. The first kappa shape index (κ1) is 22.0. The van der Waals surface area contributed by atoms with Crippen LogP contribution < -0.4 is 16.4 Å². The zero-order valence-corrected chi connectivity index (χ0v) is 17.4. The Labute approximate surface area is 184 Å². The normalized spacial score (nSPS) is 11.4. The van der Waals surface area contributed by atoms with Gasteiger partial charge in [0, 0.05) is 23.9 Å². The van der Waals surface area contributed by atoms with Gasteiger partial charge in [0.05, 0.1) is 19.0 Å². The van der Waals surface area contributed by atoms with Crippen LogP contribution in [0.25, 0.3) is 0 Å². The van der Waals surface area contributed by atoms with Crippen LogP contribution in [0.2, 0.25) is 0 Å². The third kappa shape index (κ3) is 5.26. The molecule has 0 fully saturated rings. The lowest BCUT2D eigenvalue weighted by atomic mass is 9.93. The predicted molar refractivity (Wildman–Crippen MR) is 119 cm³/mol. The van der Waals surface area contributed by atoms with Gasteiger partial charge in [0.15, 0.2) is 0 Å². The van der Waals surface area contributed by atoms with Crippen LogP contribution in [0.4, 0.5) is 27.8 Å². The van der Waals surface area contributed by atoms with Gasteiger partial charge < -0.3 is 20.8 Å². The molecule has 8 nitrogen and oxygen atoms in total. The first-order valence-electron chi connectivity index (χ1n) is 9.32. The van der Waals surface area contributed by atoms with E-state index < -0.39 is 0 Å². The minimum atomic E-state index is -0.298. The summed E-state index contributed by atoms with van der Waals surface area (Å²) < 4.78 is 18.8. The topological polar surface area (TPSA) is 115 Å². The second kappa shape index (κ2) is 9.86. The van der Waals surface area contributed by atoms with Gasteiger partial charge in [0.25, 0.3) is 0 Å². The maximum absolute atomic E-state index is 13.4. The first-order valence-corrected chi connectivity index (χ1v) is 9.32. The summed E-state index contributed by atoms with van der Waals surface area (Å²) in [6, 6.07) is 10.00. The van der Waals surface area contributed by atoms with Crippen LogP contribution in [0.3, 0.4) is 0 Å². The molecule has 4 aromatic rings. The minimum Gasteiger partial charge on any atom is -0.467 e. The Kier molecular flexibility index (Phi) is 6.99. The van der Waals surface area contributed by atoms with E-state index in [0.717, 1.165) is 16.9 Å². The van der Waals surface area contributed by atoms with Gasteiger partial charge >= 0.3 is 0 Å². The lowest BCUT2D eigenvalue weighted by Crippen LogP contribution is -2.14. The van der Waals surface area contributed by atoms with Crippen LogP contribution in [-0.2, 0) is 6.54 Å². The summed E-state index contributed by atoms with van der Waals surface area (Å²) >= 11 is 0. The molecule has 0 spiro atoms. The molecule has 0 radical (unpaired) electrons. The molecule has 0 aliphatic heterocycles. The van der Waals surface area contributed by atoms with Gasteiger partial charge in [-0.3, -0.25) is 4.98 Å². The lowest BCUT2D eigenvalue weighted by molar-refractivity contribution is 0.517. The predicted octanol–water partition coefficient (Wildman–Crippen LogP) is 4.51. The first-order chi connectivity index (χ1) is 14.6. The van der Waals surface area contributed by atoms with E-state index in [9.17, 15) is 4.39 Å². The second-order valence-electron chi connectivity index (χ2n) is 6.61. The van der Waals surface area contributed by atoms with Crippen LogP contribution in [-0.4, -0.2) is 19.9 Å². The molecule has 0 amide bonds. The molecule has 3 heterocycles. The van der Waals surface area contributed by atoms with Crippen molar-refractivity contribution in [1.82, 2.24) is 19.9 Å². The van der Waals surface area contributed by atoms with Crippen LogP contribution in [0.5, 0.6) is 0 Å². The number of hydrogen-bond donors (Lipinski definition) is 3. The zero-order chi connectivity index (χ0) is 20.9. The summed E-state index contributed by atoms with van der Waals surface area (Å²) in [5.41, 5.74) is 7.63. The fraction of sp³-hybridized carbons (Fsp3) is 0.143. The van der Waals surface area contributed by atoms with Crippen LogP contribution in [0.15, 0.2) is 65.7 Å². The molecule has 1 aromatic carbocycles. The van der Waals surface area contributed by atoms with Crippen molar-refractivity contribution in [2.75, 3.05) is 16.4 Å². The zero-order valence-electron chi connectivity index (χ0n) is 16.6. The van der Waals surface area contributed by atoms with Crippen molar-refractivity contribution in [3.05, 3.63) is 84.0 Å². The summed E-state index contributed by atoms with van der Waals surface area (Å²) in [7, 11) is 0. The molecule has 4 N–H and O–H groups in total. The average molecular weight is 442 g/mol. The van der Waals surface area contributed by atoms with E-state index in [-0.39, 0.29) is 30.1 Å². The number of rotatable bonds is 7. The monoisotopic (exact) mass is 441 g/mol. The number of benzene rings is 1. The van der Waals surface area contributed by atoms with Crippen molar-refractivity contribution in [3.63, 3.8) is 0 Å². The van der Waals surface area contributed by atoms with E-state index in [1.54, 1.807) is 37.0 Å². The van der Waals surface area contributed by atoms with Gasteiger partial charge in [-0.2, -0.15) is 9.97 Å². The van der Waals surface area contributed by atoms with Gasteiger partial charge in [-0.1, -0.05) is 19.1 Å². The van der Waals surface area contributed by atoms with Crippen molar-refractivity contribution < 1.29 is 8.81 Å². The molecule has 0 aliphatic rings. The van der Waals surface area contributed by atoms with Gasteiger partial charge in [-0.05, 0) is 29.8 Å². The number of aromatic nitrogens is 4. The highest BCUT2D eigenvalue weighted by molar-refractivity contribution is 5.85. The lowest BCUT2D eigenvalue weighted by Gasteiger charge is -2.21. The highest BCUT2D eigenvalue weighted by atomic mass is 35.5. The van der Waals surface area contributed by atoms with Crippen molar-refractivity contribution in [2.45, 2.75) is 19.4 Å². The van der Waals surface area contributed by atoms with Crippen molar-refractivity contribution in [1.29, 1.82) is 0 Å². The summed E-state index contributed by atoms with van der Waals surface area (Å²) in [6.45, 7) is 2.40. The summed E-state index contributed by atoms with van der Waals surface area (Å²) in [6.07, 6.45) is 6.35. The molecule has 10 heteroatoms. The molecule has 1 atom stereocenters. The molecule has 0 bridgehead atoms. The van der Waals surface area contributed by atoms with Crippen molar-refractivity contribution in [2.24, 2.45) is 0 Å². The number of nitrogens with zero attached hydrogens (tertiary/aromatic N) is 4. The van der Waals surface area contributed by atoms with E-state index in [0.29, 0.717) is 24.0 Å². The van der Waals surface area contributed by atoms with Gasteiger partial charge in [0.1, 0.15) is 29.0 Å². The van der Waals surface area contributed by atoms with Gasteiger partial charge in [-0.25, -0.2) is 9.37 Å². The molecule has 31 heavy (non-hydrogen) atoms. The number of nitrogen functional groups attached to an aromatic ring is 1. The van der Waals surface area contributed by atoms with E-state index in [1.165, 1.54) is 12.1 Å². The maximum atomic E-state index is 13.4. The number of nitrogens with one attached hydrogen (secondary N) is 2. The fourth-order valence-corrected chi connectivity index (χ4v) is 3.11. The van der Waals surface area contributed by atoms with Crippen LogP contribution >= 0.6 is 12.4 Å². The molecule has 0 aliphatic carbocycles. The van der Waals surface area contributed by atoms with Gasteiger partial charge in [-0.15, -0.1) is 12.4 Å². The van der Waals surface area contributed by atoms with E-state index in [1.807, 2.05) is 19.1 Å². The van der Waals surface area contributed by atoms with Crippen LogP contribution in [0.1, 0.15) is 29.7 Å². The molecule has 3 aromatic heterocycles. The SMILES string of the molecule is CC(c1ccc(F)cc1)c1c(NCc2ccco2)nc(N)nc1Nc1cnccn1.Cl. The van der Waals surface area contributed by atoms with Crippen LogP contribution in [0, 0.1) is 5.82 Å². The minimum absolute atomic E-state index is 0. The largest absolute Gasteiger partial charge is 0.467 e. The summed E-state index contributed by atoms with van der Waals surface area (Å²) in [5, 5.41) is 6.44. The summed E-state index contributed by atoms with van der Waals surface area (Å²) in [4.78, 5) is 17.1. The van der Waals surface area contributed by atoms with E-state index in [2.05, 4.69) is 30.6 Å². The number of halogens is 2. The number of furan rings is 1. The van der Waals surface area contributed by atoms with Gasteiger partial charge in [0.2, 0.25) is 5.95 Å². The quantitative estimate of drug-likeness (QED) is 0.383. The third-order valence-corrected chi connectivity index (χ3v) is 4.59. The third-order valence-electron chi connectivity index (χ3n) is 4.59. The number of nitrogens with two attached hydrogens (primary N) is 1. The van der Waals surface area contributed by atoms with Crippen molar-refractivity contribution in [3.8, 4) is 0 Å².